The lowest BCUT2D eigenvalue weighted by Gasteiger charge is -2.32. The summed E-state index contributed by atoms with van der Waals surface area (Å²) in [6, 6.07) is 3.82. The van der Waals surface area contributed by atoms with Crippen molar-refractivity contribution in [2.24, 2.45) is 11.8 Å². The smallest absolute Gasteiger partial charge is 0.234 e. The number of carbonyl (C=O) groups is 2. The Morgan fingerprint density at radius 2 is 2.00 bits per heavy atom. The van der Waals surface area contributed by atoms with Gasteiger partial charge in [-0.2, -0.15) is 0 Å². The van der Waals surface area contributed by atoms with Crippen LogP contribution >= 0.6 is 0 Å². The van der Waals surface area contributed by atoms with Gasteiger partial charge in [0.05, 0.1) is 12.8 Å². The molecule has 6 nitrogen and oxygen atoms in total. The predicted molar refractivity (Wildman–Crippen MR) is 99.6 cm³/mol. The van der Waals surface area contributed by atoms with Crippen molar-refractivity contribution in [1.29, 1.82) is 0 Å². The second kappa shape index (κ2) is 7.82. The first-order valence-electron chi connectivity index (χ1n) is 9.66. The normalized spacial score (nSPS) is 24.3. The lowest BCUT2D eigenvalue weighted by atomic mass is 9.96. The standard InChI is InChI=1S/C20H31N3O3/c1-20(2,3)22-18(24)13-23-8-6-14(7-9-23)12-21-19(25)16-11-15(16)17-5-4-10-26-17/h4-5,10,14-16H,6-9,11-13H2,1-3H3,(H,21,25)(H,22,24)/t15-,16+/m0/s1. The Morgan fingerprint density at radius 1 is 1.27 bits per heavy atom. The number of piperidine rings is 1. The van der Waals surface area contributed by atoms with Crippen LogP contribution in [0.3, 0.4) is 0 Å². The van der Waals surface area contributed by atoms with Crippen LogP contribution in [0.4, 0.5) is 0 Å². The summed E-state index contributed by atoms with van der Waals surface area (Å²) >= 11 is 0. The molecule has 2 heterocycles. The molecule has 1 aliphatic heterocycles. The monoisotopic (exact) mass is 361 g/mol. The van der Waals surface area contributed by atoms with Crippen molar-refractivity contribution in [3.63, 3.8) is 0 Å². The van der Waals surface area contributed by atoms with Crippen molar-refractivity contribution in [1.82, 2.24) is 15.5 Å². The van der Waals surface area contributed by atoms with Crippen LogP contribution < -0.4 is 10.6 Å². The van der Waals surface area contributed by atoms with Gasteiger partial charge in [0.25, 0.3) is 0 Å². The molecule has 2 aliphatic rings. The summed E-state index contributed by atoms with van der Waals surface area (Å²) in [5, 5.41) is 6.12. The molecule has 1 aromatic rings. The van der Waals surface area contributed by atoms with E-state index in [2.05, 4.69) is 15.5 Å². The number of hydrogen-bond acceptors (Lipinski definition) is 4. The van der Waals surface area contributed by atoms with Crippen LogP contribution in [0.2, 0.25) is 0 Å². The number of nitrogens with one attached hydrogen (secondary N) is 2. The van der Waals surface area contributed by atoms with Crippen LogP contribution in [0.25, 0.3) is 0 Å². The molecule has 2 N–H and O–H groups in total. The summed E-state index contributed by atoms with van der Waals surface area (Å²) in [5.41, 5.74) is -0.185. The van der Waals surface area contributed by atoms with Crippen LogP contribution in [0.1, 0.15) is 51.7 Å². The van der Waals surface area contributed by atoms with Crippen LogP contribution in [-0.4, -0.2) is 48.4 Å². The third-order valence-corrected chi connectivity index (χ3v) is 5.19. The average Bonchev–Trinajstić information content (AvgIpc) is 3.17. The number of rotatable bonds is 6. The van der Waals surface area contributed by atoms with Gasteiger partial charge in [-0.05, 0) is 71.2 Å². The van der Waals surface area contributed by atoms with E-state index in [0.717, 1.165) is 44.7 Å². The summed E-state index contributed by atoms with van der Waals surface area (Å²) in [5.74, 6) is 1.99. The van der Waals surface area contributed by atoms with Gasteiger partial charge in [0.15, 0.2) is 0 Å². The third kappa shape index (κ3) is 5.34. The minimum Gasteiger partial charge on any atom is -0.469 e. The molecule has 0 unspecified atom stereocenters. The number of amides is 2. The molecule has 1 aromatic heterocycles. The van der Waals surface area contributed by atoms with Crippen LogP contribution in [0.5, 0.6) is 0 Å². The number of likely N-dealkylation sites (tertiary alicyclic amines) is 1. The van der Waals surface area contributed by atoms with Gasteiger partial charge in [-0.25, -0.2) is 0 Å². The zero-order valence-corrected chi connectivity index (χ0v) is 16.1. The fourth-order valence-corrected chi connectivity index (χ4v) is 3.69. The van der Waals surface area contributed by atoms with E-state index in [1.165, 1.54) is 0 Å². The lowest BCUT2D eigenvalue weighted by molar-refractivity contribution is -0.124. The maximum Gasteiger partial charge on any atom is 0.234 e. The van der Waals surface area contributed by atoms with Crippen molar-refractivity contribution in [3.8, 4) is 0 Å². The molecule has 2 atom stereocenters. The van der Waals surface area contributed by atoms with Crippen LogP contribution in [0.15, 0.2) is 22.8 Å². The lowest BCUT2D eigenvalue weighted by Crippen LogP contribution is -2.48. The summed E-state index contributed by atoms with van der Waals surface area (Å²) in [6.07, 6.45) is 4.60. The van der Waals surface area contributed by atoms with Crippen molar-refractivity contribution >= 4 is 11.8 Å². The third-order valence-electron chi connectivity index (χ3n) is 5.19. The fraction of sp³-hybridized carbons (Fsp3) is 0.700. The average molecular weight is 361 g/mol. The van der Waals surface area contributed by atoms with Gasteiger partial charge in [0.1, 0.15) is 5.76 Å². The Bertz CT molecular complexity index is 613. The largest absolute Gasteiger partial charge is 0.469 e. The van der Waals surface area contributed by atoms with E-state index in [1.807, 2.05) is 32.9 Å². The first-order chi connectivity index (χ1) is 12.3. The highest BCUT2D eigenvalue weighted by Crippen LogP contribution is 2.47. The van der Waals surface area contributed by atoms with E-state index in [1.54, 1.807) is 6.26 Å². The van der Waals surface area contributed by atoms with E-state index >= 15 is 0 Å². The van der Waals surface area contributed by atoms with Gasteiger partial charge in [-0.3, -0.25) is 14.5 Å². The Kier molecular flexibility index (Phi) is 5.70. The number of hydrogen-bond donors (Lipinski definition) is 2. The van der Waals surface area contributed by atoms with Crippen LogP contribution in [0, 0.1) is 11.8 Å². The Hall–Kier alpha value is -1.82. The predicted octanol–water partition coefficient (Wildman–Crippen LogP) is 2.13. The minimum absolute atomic E-state index is 0.0716. The Morgan fingerprint density at radius 3 is 2.62 bits per heavy atom. The number of furan rings is 1. The van der Waals surface area contributed by atoms with Gasteiger partial charge in [-0.15, -0.1) is 0 Å². The zero-order chi connectivity index (χ0) is 18.7. The second-order valence-electron chi connectivity index (χ2n) is 8.73. The highest BCUT2D eigenvalue weighted by molar-refractivity contribution is 5.82. The zero-order valence-electron chi connectivity index (χ0n) is 16.1. The molecule has 0 spiro atoms. The van der Waals surface area contributed by atoms with Gasteiger partial charge in [0, 0.05) is 23.9 Å². The topological polar surface area (TPSA) is 74.6 Å². The van der Waals surface area contributed by atoms with E-state index in [9.17, 15) is 9.59 Å². The molecule has 6 heteroatoms. The maximum absolute atomic E-state index is 12.3. The first-order valence-corrected chi connectivity index (χ1v) is 9.66. The molecule has 1 saturated heterocycles. The molecule has 3 rings (SSSR count). The molecule has 2 fully saturated rings. The van der Waals surface area contributed by atoms with E-state index in [4.69, 9.17) is 4.42 Å². The van der Waals surface area contributed by atoms with Gasteiger partial charge < -0.3 is 15.1 Å². The highest BCUT2D eigenvalue weighted by Gasteiger charge is 2.45. The van der Waals surface area contributed by atoms with Crippen molar-refractivity contribution in [2.75, 3.05) is 26.2 Å². The van der Waals surface area contributed by atoms with Crippen molar-refractivity contribution in [3.05, 3.63) is 24.2 Å². The summed E-state index contributed by atoms with van der Waals surface area (Å²) in [7, 11) is 0. The Balaban J connectivity index is 1.32. The van der Waals surface area contributed by atoms with Crippen molar-refractivity contribution < 1.29 is 14.0 Å². The quantitative estimate of drug-likeness (QED) is 0.814. The number of carbonyl (C=O) groups excluding carboxylic acids is 2. The fourth-order valence-electron chi connectivity index (χ4n) is 3.69. The molecule has 0 aromatic carbocycles. The molecule has 1 aliphatic carbocycles. The van der Waals surface area contributed by atoms with Gasteiger partial charge in [-0.1, -0.05) is 0 Å². The summed E-state index contributed by atoms with van der Waals surface area (Å²) < 4.78 is 5.39. The molecule has 26 heavy (non-hydrogen) atoms. The van der Waals surface area contributed by atoms with Crippen molar-refractivity contribution in [2.45, 2.75) is 51.5 Å². The summed E-state index contributed by atoms with van der Waals surface area (Å²) in [4.78, 5) is 26.5. The molecular weight excluding hydrogens is 330 g/mol. The minimum atomic E-state index is -0.185. The molecule has 0 bridgehead atoms. The SMILES string of the molecule is CC(C)(C)NC(=O)CN1CCC(CNC(=O)[C@@H]2C[C@@H]2c2ccco2)CC1. The first kappa shape index (κ1) is 19.0. The van der Waals surface area contributed by atoms with Crippen LogP contribution in [-0.2, 0) is 9.59 Å². The molecule has 0 radical (unpaired) electrons. The van der Waals surface area contributed by atoms with E-state index in [-0.39, 0.29) is 29.2 Å². The molecule has 2 amide bonds. The molecular formula is C20H31N3O3. The summed E-state index contributed by atoms with van der Waals surface area (Å²) in [6.45, 7) is 9.01. The van der Waals surface area contributed by atoms with Gasteiger partial charge in [0.2, 0.25) is 11.8 Å². The van der Waals surface area contributed by atoms with Gasteiger partial charge >= 0.3 is 0 Å². The highest BCUT2D eigenvalue weighted by atomic mass is 16.3. The Labute approximate surface area is 155 Å². The second-order valence-corrected chi connectivity index (χ2v) is 8.73. The maximum atomic E-state index is 12.3. The molecule has 144 valence electrons. The van der Waals surface area contributed by atoms with E-state index in [0.29, 0.717) is 12.5 Å². The molecule has 1 saturated carbocycles. The van der Waals surface area contributed by atoms with E-state index < -0.39 is 0 Å². The number of nitrogens with zero attached hydrogens (tertiary/aromatic N) is 1.